The van der Waals surface area contributed by atoms with Gasteiger partial charge in [-0.25, -0.2) is 4.98 Å². The maximum atomic E-state index is 11.9. The molecule has 0 atom stereocenters. The standard InChI is InChI=1S/C60H57N3O/c1-37-19-21-41(22-20-37)44-27-28-61-53(35-44)46-32-45(33-48(34-46)60(8,9)10)49-17-14-18-54-56(49)62-58(52-30-38(2)29-40(4)57(52)64)63(54)55-31-39(3)50(36-51(55)42-15-12-11-13-16-42)43-23-25-47(26-24-43)59(5,6)7/h11-36,64H,1-10H3/i1D3. The van der Waals surface area contributed by atoms with E-state index < -0.39 is 6.85 Å². The van der Waals surface area contributed by atoms with Crippen molar-refractivity contribution in [3.63, 3.8) is 0 Å². The number of hydrogen-bond donors (Lipinski definition) is 1. The summed E-state index contributed by atoms with van der Waals surface area (Å²) in [4.78, 5) is 10.5. The molecule has 0 fully saturated rings. The lowest BCUT2D eigenvalue weighted by Crippen LogP contribution is -2.11. The number of phenolic OH excluding ortho intramolecular Hbond substituents is 1. The maximum absolute atomic E-state index is 11.9. The number of fused-ring (bicyclic) bond motifs is 1. The van der Waals surface area contributed by atoms with Crippen molar-refractivity contribution in [2.45, 2.75) is 80.0 Å². The van der Waals surface area contributed by atoms with Crippen molar-refractivity contribution in [1.82, 2.24) is 14.5 Å². The van der Waals surface area contributed by atoms with Gasteiger partial charge in [0, 0.05) is 27.0 Å². The molecule has 0 saturated heterocycles. The van der Waals surface area contributed by atoms with Gasteiger partial charge in [0.25, 0.3) is 0 Å². The summed E-state index contributed by atoms with van der Waals surface area (Å²) in [6.07, 6.45) is 1.81. The predicted octanol–water partition coefficient (Wildman–Crippen LogP) is 16.0. The van der Waals surface area contributed by atoms with Crippen LogP contribution >= 0.6 is 0 Å². The quantitative estimate of drug-likeness (QED) is 0.174. The molecule has 0 spiro atoms. The number of hydrogen-bond acceptors (Lipinski definition) is 3. The number of para-hydroxylation sites is 1. The van der Waals surface area contributed by atoms with Crippen molar-refractivity contribution >= 4 is 11.0 Å². The Morgan fingerprint density at radius 3 is 1.89 bits per heavy atom. The molecule has 0 aliphatic carbocycles. The second kappa shape index (κ2) is 16.3. The number of phenols is 1. The highest BCUT2D eigenvalue weighted by molar-refractivity contribution is 5.98. The number of aromatic nitrogens is 3. The topological polar surface area (TPSA) is 50.9 Å². The number of aryl methyl sites for hydroxylation is 4. The summed E-state index contributed by atoms with van der Waals surface area (Å²) in [5, 5.41) is 11.9. The van der Waals surface area contributed by atoms with Crippen LogP contribution in [-0.2, 0) is 10.8 Å². The van der Waals surface area contributed by atoms with Crippen LogP contribution in [0.1, 0.15) is 79.0 Å². The molecule has 9 rings (SSSR count). The first-order valence-corrected chi connectivity index (χ1v) is 22.1. The van der Waals surface area contributed by atoms with E-state index in [1.165, 1.54) is 5.56 Å². The van der Waals surface area contributed by atoms with E-state index in [1.54, 1.807) is 12.1 Å². The van der Waals surface area contributed by atoms with Crippen LogP contribution in [0.15, 0.2) is 158 Å². The Hall–Kier alpha value is -7.04. The van der Waals surface area contributed by atoms with Crippen LogP contribution in [0.4, 0.5) is 0 Å². The Balaban J connectivity index is 1.28. The van der Waals surface area contributed by atoms with E-state index >= 15 is 0 Å². The number of imidazole rings is 1. The summed E-state index contributed by atoms with van der Waals surface area (Å²) in [6.45, 7) is 17.4. The summed E-state index contributed by atoms with van der Waals surface area (Å²) in [5.41, 5.74) is 18.9. The first-order chi connectivity index (χ1) is 31.7. The molecule has 7 aromatic carbocycles. The first kappa shape index (κ1) is 38.6. The van der Waals surface area contributed by atoms with Gasteiger partial charge in [0.1, 0.15) is 11.6 Å². The van der Waals surface area contributed by atoms with Gasteiger partial charge in [-0.3, -0.25) is 9.55 Å². The molecule has 0 saturated carbocycles. The van der Waals surface area contributed by atoms with Crippen molar-refractivity contribution < 1.29 is 9.22 Å². The van der Waals surface area contributed by atoms with Crippen molar-refractivity contribution in [2.24, 2.45) is 0 Å². The molecule has 0 unspecified atom stereocenters. The minimum Gasteiger partial charge on any atom is -0.507 e. The summed E-state index contributed by atoms with van der Waals surface area (Å²) < 4.78 is 25.8. The molecule has 0 radical (unpaired) electrons. The van der Waals surface area contributed by atoms with Gasteiger partial charge >= 0.3 is 0 Å². The smallest absolute Gasteiger partial charge is 0.149 e. The van der Waals surface area contributed by atoms with Crippen LogP contribution < -0.4 is 0 Å². The molecule has 64 heavy (non-hydrogen) atoms. The predicted molar refractivity (Wildman–Crippen MR) is 269 cm³/mol. The molecule has 1 N–H and O–H groups in total. The molecule has 2 heterocycles. The number of pyridine rings is 1. The van der Waals surface area contributed by atoms with Gasteiger partial charge in [-0.1, -0.05) is 150 Å². The molecular formula is C60H57N3O. The molecule has 0 aliphatic heterocycles. The Kier molecular flexibility index (Phi) is 9.81. The van der Waals surface area contributed by atoms with Gasteiger partial charge in [0.15, 0.2) is 0 Å². The van der Waals surface area contributed by atoms with Gasteiger partial charge in [-0.2, -0.15) is 0 Å². The molecular weight excluding hydrogens is 779 g/mol. The third kappa shape index (κ3) is 8.05. The third-order valence-corrected chi connectivity index (χ3v) is 12.5. The molecule has 2 aromatic heterocycles. The van der Waals surface area contributed by atoms with Crippen molar-refractivity contribution in [1.29, 1.82) is 0 Å². The Labute approximate surface area is 383 Å². The molecule has 318 valence electrons. The average Bonchev–Trinajstić information content (AvgIpc) is 3.69. The highest BCUT2D eigenvalue weighted by Gasteiger charge is 2.25. The zero-order valence-electron chi connectivity index (χ0n) is 41.3. The van der Waals surface area contributed by atoms with Crippen LogP contribution in [0.3, 0.4) is 0 Å². The zero-order valence-corrected chi connectivity index (χ0v) is 38.3. The minimum atomic E-state index is -2.17. The van der Waals surface area contributed by atoms with Crippen LogP contribution in [0.2, 0.25) is 0 Å². The van der Waals surface area contributed by atoms with E-state index in [1.807, 2.05) is 49.5 Å². The summed E-state index contributed by atoms with van der Waals surface area (Å²) in [5.74, 6) is 0.852. The molecule has 0 aliphatic rings. The van der Waals surface area contributed by atoms with E-state index in [-0.39, 0.29) is 16.6 Å². The van der Waals surface area contributed by atoms with Gasteiger partial charge < -0.3 is 5.11 Å². The minimum absolute atomic E-state index is 0.0422. The van der Waals surface area contributed by atoms with Crippen LogP contribution in [-0.4, -0.2) is 19.6 Å². The summed E-state index contributed by atoms with van der Waals surface area (Å²) >= 11 is 0. The lowest BCUT2D eigenvalue weighted by Gasteiger charge is -2.22. The molecule has 4 nitrogen and oxygen atoms in total. The average molecular weight is 839 g/mol. The second-order valence-electron chi connectivity index (χ2n) is 19.4. The lowest BCUT2D eigenvalue weighted by atomic mass is 9.83. The third-order valence-electron chi connectivity index (χ3n) is 12.5. The van der Waals surface area contributed by atoms with Crippen molar-refractivity contribution in [3.8, 4) is 78.6 Å². The lowest BCUT2D eigenvalue weighted by molar-refractivity contribution is 0.472. The Morgan fingerprint density at radius 1 is 0.500 bits per heavy atom. The van der Waals surface area contributed by atoms with Gasteiger partial charge in [0.05, 0.1) is 28.0 Å². The molecule has 0 bridgehead atoms. The zero-order chi connectivity index (χ0) is 47.6. The van der Waals surface area contributed by atoms with E-state index in [2.05, 4.69) is 163 Å². The van der Waals surface area contributed by atoms with Gasteiger partial charge in [0.2, 0.25) is 0 Å². The largest absolute Gasteiger partial charge is 0.507 e. The van der Waals surface area contributed by atoms with Crippen molar-refractivity contribution in [3.05, 3.63) is 191 Å². The Morgan fingerprint density at radius 2 is 1.19 bits per heavy atom. The number of nitrogens with zero attached hydrogens (tertiary/aromatic N) is 3. The number of benzene rings is 7. The fourth-order valence-corrected chi connectivity index (χ4v) is 8.87. The summed E-state index contributed by atoms with van der Waals surface area (Å²) in [7, 11) is 0. The highest BCUT2D eigenvalue weighted by atomic mass is 16.3. The first-order valence-electron chi connectivity index (χ1n) is 23.6. The van der Waals surface area contributed by atoms with Crippen LogP contribution in [0.5, 0.6) is 5.75 Å². The normalized spacial score (nSPS) is 12.9. The number of aromatic hydroxyl groups is 1. The van der Waals surface area contributed by atoms with E-state index in [9.17, 15) is 5.11 Å². The van der Waals surface area contributed by atoms with E-state index in [0.29, 0.717) is 17.0 Å². The fourth-order valence-electron chi connectivity index (χ4n) is 8.87. The molecule has 4 heteroatoms. The van der Waals surface area contributed by atoms with Gasteiger partial charge in [-0.05, 0) is 148 Å². The maximum Gasteiger partial charge on any atom is 0.149 e. The van der Waals surface area contributed by atoms with Crippen LogP contribution in [0.25, 0.3) is 83.9 Å². The fraction of sp³-hybridized carbons (Fsp3) is 0.200. The van der Waals surface area contributed by atoms with E-state index in [4.69, 9.17) is 14.1 Å². The SMILES string of the molecule is [2H]C([2H])([2H])c1ccc(-c2ccnc(-c3cc(-c4cccc5c4nc(-c4cc(C)cc(C)c4O)n5-c4cc(C)c(-c5ccc(C(C)(C)C)cc5)cc4-c4ccccc4)cc(C(C)(C)C)c3)c2)cc1. The van der Waals surface area contributed by atoms with Crippen molar-refractivity contribution in [2.75, 3.05) is 0 Å². The van der Waals surface area contributed by atoms with Gasteiger partial charge in [-0.15, -0.1) is 0 Å². The van der Waals surface area contributed by atoms with E-state index in [0.717, 1.165) is 94.7 Å². The monoisotopic (exact) mass is 838 g/mol. The second-order valence-corrected chi connectivity index (χ2v) is 19.4. The van der Waals surface area contributed by atoms with Crippen LogP contribution in [0, 0.1) is 27.6 Å². The summed E-state index contributed by atoms with van der Waals surface area (Å²) in [6, 6.07) is 52.3. The molecule has 0 amide bonds. The number of rotatable bonds is 7. The highest BCUT2D eigenvalue weighted by Crippen LogP contribution is 2.44. The molecule has 9 aromatic rings. The Bertz CT molecular complexity index is 3310.